The van der Waals surface area contributed by atoms with Crippen molar-refractivity contribution in [3.63, 3.8) is 0 Å². The van der Waals surface area contributed by atoms with E-state index in [2.05, 4.69) is 5.32 Å². The van der Waals surface area contributed by atoms with Crippen molar-refractivity contribution in [2.45, 2.75) is 61.6 Å². The maximum Gasteiger partial charge on any atom is 1.00 e. The van der Waals surface area contributed by atoms with Gasteiger partial charge in [0.25, 0.3) is 0 Å². The third kappa shape index (κ3) is 3.19. The molecule has 0 aromatic heterocycles. The molecule has 3 fully saturated rings. The van der Waals surface area contributed by atoms with Crippen molar-refractivity contribution in [3.05, 3.63) is 35.9 Å². The molecule has 0 spiro atoms. The minimum Gasteiger partial charge on any atom is -0.480 e. The van der Waals surface area contributed by atoms with Crippen LogP contribution in [0.15, 0.2) is 30.3 Å². The van der Waals surface area contributed by atoms with E-state index in [1.165, 1.54) is 16.7 Å². The molecule has 2 amide bonds. The van der Waals surface area contributed by atoms with Gasteiger partial charge in [-0.3, -0.25) is 14.9 Å². The minimum absolute atomic E-state index is 0. The molecule has 0 bridgehead atoms. The molecule has 4 rings (SSSR count). The van der Waals surface area contributed by atoms with Gasteiger partial charge in [0.1, 0.15) is 23.5 Å². The number of β-lactam (4-membered cyclic amide) rings is 1. The maximum atomic E-state index is 13.2. The van der Waals surface area contributed by atoms with Crippen LogP contribution in [-0.2, 0) is 14.4 Å². The van der Waals surface area contributed by atoms with Crippen LogP contribution in [0.5, 0.6) is 0 Å². The standard InChI is InChI=1S/C19H23N3O4S.K/c1-18(2)13(17(25)26)21-15(24)12(16(21)27-18)22-14(23)11(20-19(22,3)4)10-8-6-5-7-9-10;/h5-9,11-13,16,20H,1-4H3,(H,25,26);/q;+1/t11-,12-,13+,16-;/m1./s1. The summed E-state index contributed by atoms with van der Waals surface area (Å²) in [5.41, 5.74) is 0.139. The number of thioether (sulfide) groups is 1. The molecule has 7 nitrogen and oxygen atoms in total. The first kappa shape index (κ1) is 22.3. The van der Waals surface area contributed by atoms with E-state index in [1.54, 1.807) is 4.90 Å². The molecule has 0 saturated carbocycles. The Kier molecular flexibility index (Phi) is 5.86. The number of rotatable bonds is 3. The van der Waals surface area contributed by atoms with E-state index in [1.807, 2.05) is 58.0 Å². The first-order valence-electron chi connectivity index (χ1n) is 8.95. The van der Waals surface area contributed by atoms with Gasteiger partial charge < -0.3 is 14.9 Å². The van der Waals surface area contributed by atoms with E-state index in [0.29, 0.717) is 0 Å². The topological polar surface area (TPSA) is 90.0 Å². The number of carbonyl (C=O) groups excluding carboxylic acids is 2. The van der Waals surface area contributed by atoms with Gasteiger partial charge >= 0.3 is 57.4 Å². The molecule has 1 aromatic rings. The van der Waals surface area contributed by atoms with Crippen LogP contribution in [0.2, 0.25) is 0 Å². The van der Waals surface area contributed by atoms with Gasteiger partial charge in [-0.25, -0.2) is 4.79 Å². The summed E-state index contributed by atoms with van der Waals surface area (Å²) < 4.78 is -0.611. The third-order valence-electron chi connectivity index (χ3n) is 5.64. The number of carbonyl (C=O) groups is 3. The summed E-state index contributed by atoms with van der Waals surface area (Å²) in [6.07, 6.45) is 0. The fourth-order valence-corrected chi connectivity index (χ4v) is 6.16. The fourth-order valence-electron chi connectivity index (χ4n) is 4.49. The molecule has 3 heterocycles. The molecule has 0 aliphatic carbocycles. The molecule has 0 unspecified atom stereocenters. The third-order valence-corrected chi connectivity index (χ3v) is 7.20. The van der Waals surface area contributed by atoms with Crippen molar-refractivity contribution < 1.29 is 70.9 Å². The first-order chi connectivity index (χ1) is 12.6. The van der Waals surface area contributed by atoms with Crippen LogP contribution >= 0.6 is 11.8 Å². The van der Waals surface area contributed by atoms with Crippen LogP contribution in [-0.4, -0.2) is 60.6 Å². The van der Waals surface area contributed by atoms with Gasteiger partial charge in [0, 0.05) is 4.75 Å². The number of nitrogens with zero attached hydrogens (tertiary/aromatic N) is 2. The zero-order valence-electron chi connectivity index (χ0n) is 16.7. The molecule has 9 heteroatoms. The van der Waals surface area contributed by atoms with Gasteiger partial charge in [0.15, 0.2) is 0 Å². The Bertz CT molecular complexity index is 832. The Morgan fingerprint density at radius 3 is 2.29 bits per heavy atom. The predicted molar refractivity (Wildman–Crippen MR) is 101 cm³/mol. The smallest absolute Gasteiger partial charge is 0.480 e. The van der Waals surface area contributed by atoms with Gasteiger partial charge in [-0.05, 0) is 33.3 Å². The zero-order chi connectivity index (χ0) is 19.7. The van der Waals surface area contributed by atoms with E-state index < -0.39 is 34.5 Å². The first-order valence-corrected chi connectivity index (χ1v) is 9.83. The molecular weight excluding hydrogens is 405 g/mol. The molecule has 4 atom stereocenters. The predicted octanol–water partition coefficient (Wildman–Crippen LogP) is -1.58. The maximum absolute atomic E-state index is 13.2. The van der Waals surface area contributed by atoms with Gasteiger partial charge in [0.05, 0.1) is 5.66 Å². The molecule has 3 aliphatic rings. The van der Waals surface area contributed by atoms with Crippen molar-refractivity contribution in [2.75, 3.05) is 0 Å². The van der Waals surface area contributed by atoms with Crippen LogP contribution in [0.1, 0.15) is 39.3 Å². The molecule has 0 radical (unpaired) electrons. The number of nitrogens with one attached hydrogen (secondary N) is 1. The SMILES string of the molecule is CC1(C)S[C@@H]2[C@H](N3C(=O)[C@@H](c4ccccc4)NC3(C)C)C(=O)N2[C@H]1C(=O)O.[K+]. The van der Waals surface area contributed by atoms with Crippen molar-refractivity contribution in [1.82, 2.24) is 15.1 Å². The van der Waals surface area contributed by atoms with Gasteiger partial charge in [-0.2, -0.15) is 0 Å². The summed E-state index contributed by atoms with van der Waals surface area (Å²) >= 11 is 1.46. The van der Waals surface area contributed by atoms with Gasteiger partial charge in [0.2, 0.25) is 11.8 Å². The largest absolute Gasteiger partial charge is 1.00 e. The molecule has 28 heavy (non-hydrogen) atoms. The van der Waals surface area contributed by atoms with E-state index in [9.17, 15) is 19.5 Å². The van der Waals surface area contributed by atoms with E-state index in [0.717, 1.165) is 5.56 Å². The monoisotopic (exact) mass is 428 g/mol. The second-order valence-electron chi connectivity index (χ2n) is 8.30. The minimum atomic E-state index is -1.01. The summed E-state index contributed by atoms with van der Waals surface area (Å²) in [5, 5.41) is 12.6. The quantitative estimate of drug-likeness (QED) is 0.446. The summed E-state index contributed by atoms with van der Waals surface area (Å²) in [5.74, 6) is -1.45. The Labute approximate surface area is 211 Å². The van der Waals surface area contributed by atoms with Gasteiger partial charge in [-0.1, -0.05) is 30.3 Å². The second kappa shape index (κ2) is 7.37. The summed E-state index contributed by atoms with van der Waals surface area (Å²) in [6.45, 7) is 7.43. The number of fused-ring (bicyclic) bond motifs is 1. The number of benzene rings is 1. The Morgan fingerprint density at radius 1 is 1.11 bits per heavy atom. The number of hydrogen-bond acceptors (Lipinski definition) is 5. The Balaban J connectivity index is 0.00000225. The van der Waals surface area contributed by atoms with E-state index >= 15 is 0 Å². The van der Waals surface area contributed by atoms with Crippen LogP contribution < -0.4 is 56.7 Å². The number of carboxylic acids is 1. The molecule has 144 valence electrons. The van der Waals surface area contributed by atoms with Crippen LogP contribution in [0, 0.1) is 0 Å². The second-order valence-corrected chi connectivity index (χ2v) is 10.1. The summed E-state index contributed by atoms with van der Waals surface area (Å²) in [7, 11) is 0. The zero-order valence-corrected chi connectivity index (χ0v) is 20.6. The average Bonchev–Trinajstić information content (AvgIpc) is 2.98. The Morgan fingerprint density at radius 2 is 1.71 bits per heavy atom. The van der Waals surface area contributed by atoms with Crippen molar-refractivity contribution in [3.8, 4) is 0 Å². The number of hydrogen-bond donors (Lipinski definition) is 2. The fraction of sp³-hybridized carbons (Fsp3) is 0.526. The number of carboxylic acid groups (broad SMARTS) is 1. The van der Waals surface area contributed by atoms with Crippen molar-refractivity contribution in [2.24, 2.45) is 0 Å². The molecule has 2 N–H and O–H groups in total. The molecule has 3 aliphatic heterocycles. The van der Waals surface area contributed by atoms with Crippen molar-refractivity contribution >= 4 is 29.5 Å². The Hall–Kier alpha value is -0.424. The summed E-state index contributed by atoms with van der Waals surface area (Å²) in [4.78, 5) is 40.9. The summed E-state index contributed by atoms with van der Waals surface area (Å²) in [6, 6.07) is 7.37. The van der Waals surface area contributed by atoms with Crippen LogP contribution in [0.25, 0.3) is 0 Å². The van der Waals surface area contributed by atoms with Crippen molar-refractivity contribution in [1.29, 1.82) is 0 Å². The number of aliphatic carboxylic acids is 1. The molecular formula is C19H23KN3O4S+. The van der Waals surface area contributed by atoms with E-state index in [-0.39, 0.29) is 68.6 Å². The van der Waals surface area contributed by atoms with Gasteiger partial charge in [-0.15, -0.1) is 11.8 Å². The van der Waals surface area contributed by atoms with Crippen LogP contribution in [0.4, 0.5) is 0 Å². The normalized spacial score (nSPS) is 32.6. The van der Waals surface area contributed by atoms with E-state index in [4.69, 9.17) is 0 Å². The van der Waals surface area contributed by atoms with Crippen LogP contribution in [0.3, 0.4) is 0 Å². The number of amides is 2. The average molecular weight is 429 g/mol. The molecule has 3 saturated heterocycles. The molecule has 1 aromatic carbocycles.